The van der Waals surface area contributed by atoms with E-state index in [0.29, 0.717) is 0 Å². The Morgan fingerprint density at radius 2 is 2.00 bits per heavy atom. The molecule has 0 aromatic rings. The molecule has 1 amide bonds. The highest BCUT2D eigenvalue weighted by Gasteiger charge is 2.24. The Kier molecular flexibility index (Phi) is 6.64. The van der Waals surface area contributed by atoms with Crippen molar-refractivity contribution in [2.75, 3.05) is 13.1 Å². The molecule has 1 rings (SSSR count). The summed E-state index contributed by atoms with van der Waals surface area (Å²) in [4.78, 5) is 13.7. The first kappa shape index (κ1) is 16.6. The third-order valence-corrected chi connectivity index (χ3v) is 3.09. The maximum Gasteiger partial charge on any atom is 0.410 e. The number of carbonyl (C=O) groups is 1. The van der Waals surface area contributed by atoms with E-state index < -0.39 is 5.60 Å². The van der Waals surface area contributed by atoms with E-state index in [2.05, 4.69) is 18.8 Å². The zero-order valence-corrected chi connectivity index (χ0v) is 13.3. The molecular weight excluding hydrogens is 250 g/mol. The Hall–Kier alpha value is -1.43. The Bertz CT molecular complexity index is 397. The fraction of sp³-hybridized carbons (Fsp3) is 0.706. The minimum absolute atomic E-state index is 0.203. The number of rotatable bonds is 2. The summed E-state index contributed by atoms with van der Waals surface area (Å²) in [5, 5.41) is 0. The molecule has 3 nitrogen and oxygen atoms in total. The number of carbonyl (C=O) groups excluding carboxylic acids is 1. The normalized spacial score (nSPS) is 15.4. The second kappa shape index (κ2) is 7.99. The summed E-state index contributed by atoms with van der Waals surface area (Å²) in [6.45, 7) is 9.32. The SMILES string of the molecule is CCCCC#CC=C1CCN(C(=O)OC(C)(C)C)CC1. The maximum atomic E-state index is 11.9. The van der Waals surface area contributed by atoms with Crippen molar-refractivity contribution in [3.63, 3.8) is 0 Å². The van der Waals surface area contributed by atoms with Crippen LogP contribution in [0.15, 0.2) is 11.6 Å². The summed E-state index contributed by atoms with van der Waals surface area (Å²) < 4.78 is 5.38. The quantitative estimate of drug-likeness (QED) is 0.561. The molecule has 1 aliphatic rings. The van der Waals surface area contributed by atoms with Gasteiger partial charge in [0, 0.05) is 19.5 Å². The lowest BCUT2D eigenvalue weighted by atomic mass is 10.0. The molecule has 1 saturated heterocycles. The number of hydrogen-bond donors (Lipinski definition) is 0. The molecule has 20 heavy (non-hydrogen) atoms. The summed E-state index contributed by atoms with van der Waals surface area (Å²) in [6, 6.07) is 0. The van der Waals surface area contributed by atoms with E-state index in [0.717, 1.165) is 32.4 Å². The third-order valence-electron chi connectivity index (χ3n) is 3.09. The van der Waals surface area contributed by atoms with Crippen molar-refractivity contribution in [1.29, 1.82) is 0 Å². The number of hydrogen-bond acceptors (Lipinski definition) is 2. The number of amides is 1. The van der Waals surface area contributed by atoms with Crippen molar-refractivity contribution in [2.45, 2.75) is 65.4 Å². The van der Waals surface area contributed by atoms with Crippen LogP contribution in [0.1, 0.15) is 59.8 Å². The second-order valence-corrected chi connectivity index (χ2v) is 6.19. The van der Waals surface area contributed by atoms with Gasteiger partial charge in [0.25, 0.3) is 0 Å². The van der Waals surface area contributed by atoms with E-state index in [1.165, 1.54) is 18.4 Å². The Balaban J connectivity index is 2.37. The van der Waals surface area contributed by atoms with Crippen LogP contribution in [0, 0.1) is 11.8 Å². The van der Waals surface area contributed by atoms with Crippen LogP contribution in [0.5, 0.6) is 0 Å². The lowest BCUT2D eigenvalue weighted by Gasteiger charge is -2.30. The standard InChI is InChI=1S/C17H27NO2/c1-5-6-7-8-9-10-15-11-13-18(14-12-15)16(19)20-17(2,3)4/h10H,5-7,11-14H2,1-4H3. The second-order valence-electron chi connectivity index (χ2n) is 6.19. The van der Waals surface area contributed by atoms with E-state index in [-0.39, 0.29) is 6.09 Å². The van der Waals surface area contributed by atoms with Crippen LogP contribution >= 0.6 is 0 Å². The number of unbranched alkanes of at least 4 members (excludes halogenated alkanes) is 2. The van der Waals surface area contributed by atoms with E-state index in [9.17, 15) is 4.79 Å². The molecule has 1 aliphatic heterocycles. The Labute approximate surface area is 123 Å². The van der Waals surface area contributed by atoms with Gasteiger partial charge < -0.3 is 9.64 Å². The summed E-state index contributed by atoms with van der Waals surface area (Å²) in [6.07, 6.45) is 6.97. The highest BCUT2D eigenvalue weighted by atomic mass is 16.6. The summed E-state index contributed by atoms with van der Waals surface area (Å²) in [5.74, 6) is 6.29. The smallest absolute Gasteiger partial charge is 0.410 e. The summed E-state index contributed by atoms with van der Waals surface area (Å²) in [5.41, 5.74) is 0.923. The van der Waals surface area contributed by atoms with Crippen molar-refractivity contribution in [3.05, 3.63) is 11.6 Å². The van der Waals surface area contributed by atoms with Crippen LogP contribution in [0.3, 0.4) is 0 Å². The van der Waals surface area contributed by atoms with Gasteiger partial charge in [0.2, 0.25) is 0 Å². The molecule has 1 heterocycles. The van der Waals surface area contributed by atoms with Crippen LogP contribution < -0.4 is 0 Å². The number of ether oxygens (including phenoxy) is 1. The van der Waals surface area contributed by atoms with Crippen molar-refractivity contribution in [3.8, 4) is 11.8 Å². The molecule has 0 saturated carbocycles. The molecule has 0 radical (unpaired) electrons. The first-order chi connectivity index (χ1) is 9.42. The zero-order chi connectivity index (χ0) is 15.0. The minimum Gasteiger partial charge on any atom is -0.444 e. The van der Waals surface area contributed by atoms with E-state index in [1.807, 2.05) is 26.8 Å². The first-order valence-electron chi connectivity index (χ1n) is 7.56. The van der Waals surface area contributed by atoms with Gasteiger partial charge in [-0.3, -0.25) is 0 Å². The van der Waals surface area contributed by atoms with Crippen LogP contribution in [0.25, 0.3) is 0 Å². The van der Waals surface area contributed by atoms with Crippen molar-refractivity contribution in [1.82, 2.24) is 4.90 Å². The van der Waals surface area contributed by atoms with Gasteiger partial charge in [-0.15, -0.1) is 0 Å². The molecule has 0 aliphatic carbocycles. The average molecular weight is 277 g/mol. The van der Waals surface area contributed by atoms with Crippen LogP contribution in [0.2, 0.25) is 0 Å². The lowest BCUT2D eigenvalue weighted by molar-refractivity contribution is 0.0236. The molecule has 0 unspecified atom stereocenters. The minimum atomic E-state index is -0.419. The molecule has 112 valence electrons. The molecular formula is C17H27NO2. The van der Waals surface area contributed by atoms with Gasteiger partial charge in [-0.05, 0) is 46.1 Å². The third kappa shape index (κ3) is 6.65. The molecule has 0 bridgehead atoms. The van der Waals surface area contributed by atoms with Crippen LogP contribution in [-0.2, 0) is 4.74 Å². The van der Waals surface area contributed by atoms with E-state index >= 15 is 0 Å². The monoisotopic (exact) mass is 277 g/mol. The van der Waals surface area contributed by atoms with Gasteiger partial charge in [0.1, 0.15) is 5.60 Å². The van der Waals surface area contributed by atoms with Crippen molar-refractivity contribution in [2.24, 2.45) is 0 Å². The van der Waals surface area contributed by atoms with Crippen LogP contribution in [-0.4, -0.2) is 29.7 Å². The summed E-state index contributed by atoms with van der Waals surface area (Å²) in [7, 11) is 0. The lowest BCUT2D eigenvalue weighted by Crippen LogP contribution is -2.40. The largest absolute Gasteiger partial charge is 0.444 e. The van der Waals surface area contributed by atoms with Crippen LogP contribution in [0.4, 0.5) is 4.79 Å². The molecule has 1 fully saturated rings. The molecule has 0 atom stereocenters. The molecule has 0 N–H and O–H groups in total. The predicted molar refractivity (Wildman–Crippen MR) is 82.4 cm³/mol. The number of allylic oxidation sites excluding steroid dienone is 1. The van der Waals surface area contributed by atoms with Gasteiger partial charge in [-0.2, -0.15) is 0 Å². The fourth-order valence-corrected chi connectivity index (χ4v) is 1.94. The first-order valence-corrected chi connectivity index (χ1v) is 7.56. The number of nitrogens with zero attached hydrogens (tertiary/aromatic N) is 1. The van der Waals surface area contributed by atoms with Gasteiger partial charge in [0.15, 0.2) is 0 Å². The Morgan fingerprint density at radius 1 is 1.35 bits per heavy atom. The van der Waals surface area contributed by atoms with Gasteiger partial charge in [-0.25, -0.2) is 4.79 Å². The molecule has 3 heteroatoms. The number of likely N-dealkylation sites (tertiary alicyclic amines) is 1. The molecule has 0 aromatic carbocycles. The fourth-order valence-electron chi connectivity index (χ4n) is 1.94. The van der Waals surface area contributed by atoms with Gasteiger partial charge in [-0.1, -0.05) is 30.8 Å². The molecule has 0 spiro atoms. The van der Waals surface area contributed by atoms with Gasteiger partial charge >= 0.3 is 6.09 Å². The maximum absolute atomic E-state index is 11.9. The summed E-state index contributed by atoms with van der Waals surface area (Å²) >= 11 is 0. The highest BCUT2D eigenvalue weighted by Crippen LogP contribution is 2.18. The van der Waals surface area contributed by atoms with E-state index in [4.69, 9.17) is 4.74 Å². The number of piperidine rings is 1. The average Bonchev–Trinajstić information content (AvgIpc) is 2.37. The topological polar surface area (TPSA) is 29.5 Å². The zero-order valence-electron chi connectivity index (χ0n) is 13.3. The highest BCUT2D eigenvalue weighted by molar-refractivity contribution is 5.68. The van der Waals surface area contributed by atoms with E-state index in [1.54, 1.807) is 4.90 Å². The van der Waals surface area contributed by atoms with Crippen molar-refractivity contribution < 1.29 is 9.53 Å². The molecule has 0 aromatic heterocycles. The van der Waals surface area contributed by atoms with Crippen molar-refractivity contribution >= 4 is 6.09 Å². The predicted octanol–water partition coefficient (Wildman–Crippen LogP) is 4.14. The van der Waals surface area contributed by atoms with Gasteiger partial charge in [0.05, 0.1) is 0 Å². The Morgan fingerprint density at radius 3 is 2.55 bits per heavy atom.